The summed E-state index contributed by atoms with van der Waals surface area (Å²) in [7, 11) is 2.05. The zero-order valence-electron chi connectivity index (χ0n) is 12.3. The number of aromatic nitrogens is 3. The van der Waals surface area contributed by atoms with Gasteiger partial charge in [0.25, 0.3) is 0 Å². The van der Waals surface area contributed by atoms with Crippen molar-refractivity contribution < 1.29 is 0 Å². The van der Waals surface area contributed by atoms with E-state index in [0.717, 1.165) is 42.2 Å². The first-order chi connectivity index (χ1) is 10.6. The summed E-state index contributed by atoms with van der Waals surface area (Å²) in [6, 6.07) is 4.18. The molecule has 0 bridgehead atoms. The minimum Gasteiger partial charge on any atom is -0.355 e. The van der Waals surface area contributed by atoms with E-state index in [0.29, 0.717) is 11.1 Å². The van der Waals surface area contributed by atoms with Gasteiger partial charge in [0, 0.05) is 44.8 Å². The SMILES string of the molecule is CN(c1ncc(Br)cn1)C1CCN(c2ncccc2Cl)CC1. The summed E-state index contributed by atoms with van der Waals surface area (Å²) in [5, 5.41) is 0.713. The molecule has 0 amide bonds. The van der Waals surface area contributed by atoms with E-state index in [1.165, 1.54) is 0 Å². The Balaban J connectivity index is 1.64. The molecule has 0 radical (unpaired) electrons. The molecule has 0 spiro atoms. The van der Waals surface area contributed by atoms with Crippen molar-refractivity contribution in [3.05, 3.63) is 40.2 Å². The summed E-state index contributed by atoms with van der Waals surface area (Å²) >= 11 is 9.59. The van der Waals surface area contributed by atoms with Gasteiger partial charge in [0.05, 0.1) is 9.50 Å². The minimum absolute atomic E-state index is 0.430. The molecule has 0 saturated carbocycles. The number of rotatable bonds is 3. The molecule has 7 heteroatoms. The highest BCUT2D eigenvalue weighted by atomic mass is 79.9. The van der Waals surface area contributed by atoms with E-state index in [-0.39, 0.29) is 0 Å². The quantitative estimate of drug-likeness (QED) is 0.814. The lowest BCUT2D eigenvalue weighted by Crippen LogP contribution is -2.44. The molecular formula is C15H17BrClN5. The van der Waals surface area contributed by atoms with Crippen LogP contribution in [0.15, 0.2) is 35.2 Å². The lowest BCUT2D eigenvalue weighted by molar-refractivity contribution is 0.475. The number of hydrogen-bond acceptors (Lipinski definition) is 5. The largest absolute Gasteiger partial charge is 0.355 e. The van der Waals surface area contributed by atoms with Crippen molar-refractivity contribution in [2.24, 2.45) is 0 Å². The fourth-order valence-corrected chi connectivity index (χ4v) is 3.17. The Labute approximate surface area is 143 Å². The fraction of sp³-hybridized carbons (Fsp3) is 0.400. The summed E-state index contributed by atoms with van der Waals surface area (Å²) < 4.78 is 0.893. The van der Waals surface area contributed by atoms with Crippen LogP contribution >= 0.6 is 27.5 Å². The van der Waals surface area contributed by atoms with Crippen molar-refractivity contribution in [3.63, 3.8) is 0 Å². The predicted octanol–water partition coefficient (Wildman–Crippen LogP) is 3.39. The smallest absolute Gasteiger partial charge is 0.225 e. The monoisotopic (exact) mass is 381 g/mol. The van der Waals surface area contributed by atoms with E-state index >= 15 is 0 Å². The Hall–Kier alpha value is -1.40. The Morgan fingerprint density at radius 2 is 1.91 bits per heavy atom. The first-order valence-corrected chi connectivity index (χ1v) is 8.38. The van der Waals surface area contributed by atoms with Crippen molar-refractivity contribution in [1.82, 2.24) is 15.0 Å². The molecule has 3 heterocycles. The van der Waals surface area contributed by atoms with Crippen LogP contribution in [0.1, 0.15) is 12.8 Å². The van der Waals surface area contributed by atoms with E-state index in [4.69, 9.17) is 11.6 Å². The Morgan fingerprint density at radius 1 is 1.23 bits per heavy atom. The second kappa shape index (κ2) is 6.79. The van der Waals surface area contributed by atoms with Crippen molar-refractivity contribution in [3.8, 4) is 0 Å². The highest BCUT2D eigenvalue weighted by molar-refractivity contribution is 9.10. The first-order valence-electron chi connectivity index (χ1n) is 7.21. The maximum atomic E-state index is 6.23. The Kier molecular flexibility index (Phi) is 4.78. The summed E-state index contributed by atoms with van der Waals surface area (Å²) in [4.78, 5) is 17.5. The summed E-state index contributed by atoms with van der Waals surface area (Å²) in [5.74, 6) is 1.64. The lowest BCUT2D eigenvalue weighted by atomic mass is 10.0. The number of anilines is 2. The van der Waals surface area contributed by atoms with Gasteiger partial charge < -0.3 is 9.80 Å². The van der Waals surface area contributed by atoms with Gasteiger partial charge in [0.1, 0.15) is 5.82 Å². The molecule has 0 aromatic carbocycles. The molecular weight excluding hydrogens is 366 g/mol. The molecule has 1 fully saturated rings. The molecule has 2 aromatic rings. The molecule has 5 nitrogen and oxygen atoms in total. The summed E-state index contributed by atoms with van der Waals surface area (Å²) in [6.07, 6.45) is 7.41. The third kappa shape index (κ3) is 3.33. The van der Waals surface area contributed by atoms with E-state index < -0.39 is 0 Å². The molecule has 0 N–H and O–H groups in total. The molecule has 22 heavy (non-hydrogen) atoms. The molecule has 0 aliphatic carbocycles. The van der Waals surface area contributed by atoms with Gasteiger partial charge in [-0.2, -0.15) is 0 Å². The number of piperidine rings is 1. The van der Waals surface area contributed by atoms with Crippen molar-refractivity contribution in [2.75, 3.05) is 29.9 Å². The Morgan fingerprint density at radius 3 is 2.55 bits per heavy atom. The number of pyridine rings is 1. The average molecular weight is 383 g/mol. The Bertz CT molecular complexity index is 628. The van der Waals surface area contributed by atoms with Crippen molar-refractivity contribution in [2.45, 2.75) is 18.9 Å². The first kappa shape index (κ1) is 15.5. The van der Waals surface area contributed by atoms with Gasteiger partial charge in [-0.1, -0.05) is 11.6 Å². The van der Waals surface area contributed by atoms with E-state index in [1.54, 1.807) is 18.6 Å². The standard InChI is InChI=1S/C15H17BrClN5/c1-21(15-19-9-11(16)10-20-15)12-4-7-22(8-5-12)14-13(17)3-2-6-18-14/h2-3,6,9-10,12H,4-5,7-8H2,1H3. The molecule has 0 atom stereocenters. The van der Waals surface area contributed by atoms with Crippen LogP contribution in [0, 0.1) is 0 Å². The topological polar surface area (TPSA) is 45.2 Å². The van der Waals surface area contributed by atoms with Gasteiger partial charge in [0.15, 0.2) is 0 Å². The maximum Gasteiger partial charge on any atom is 0.225 e. The van der Waals surface area contributed by atoms with Crippen molar-refractivity contribution in [1.29, 1.82) is 0 Å². The second-order valence-electron chi connectivity index (χ2n) is 5.34. The van der Waals surface area contributed by atoms with Gasteiger partial charge in [-0.15, -0.1) is 0 Å². The van der Waals surface area contributed by atoms with Crippen LogP contribution in [0.3, 0.4) is 0 Å². The minimum atomic E-state index is 0.430. The normalized spacial score (nSPS) is 15.9. The van der Waals surface area contributed by atoms with E-state index in [1.807, 2.05) is 12.1 Å². The molecule has 2 aromatic heterocycles. The zero-order valence-corrected chi connectivity index (χ0v) is 14.6. The second-order valence-corrected chi connectivity index (χ2v) is 6.66. The molecule has 1 aliphatic heterocycles. The molecule has 1 saturated heterocycles. The van der Waals surface area contributed by atoms with Gasteiger partial charge in [0.2, 0.25) is 5.95 Å². The van der Waals surface area contributed by atoms with Crippen molar-refractivity contribution >= 4 is 39.3 Å². The molecule has 116 valence electrons. The third-order valence-corrected chi connectivity index (χ3v) is 4.68. The summed E-state index contributed by atoms with van der Waals surface area (Å²) in [6.45, 7) is 1.87. The van der Waals surface area contributed by atoms with Crippen LogP contribution in [-0.4, -0.2) is 41.1 Å². The highest BCUT2D eigenvalue weighted by Gasteiger charge is 2.25. The highest BCUT2D eigenvalue weighted by Crippen LogP contribution is 2.27. The van der Waals surface area contributed by atoms with Crippen LogP contribution < -0.4 is 9.80 Å². The van der Waals surface area contributed by atoms with Gasteiger partial charge >= 0.3 is 0 Å². The molecule has 0 unspecified atom stereocenters. The van der Waals surface area contributed by atoms with Crippen LogP contribution in [0.5, 0.6) is 0 Å². The zero-order chi connectivity index (χ0) is 15.5. The van der Waals surface area contributed by atoms with Crippen LogP contribution in [0.25, 0.3) is 0 Å². The third-order valence-electron chi connectivity index (χ3n) is 3.97. The average Bonchev–Trinajstić information content (AvgIpc) is 2.56. The van der Waals surface area contributed by atoms with E-state index in [2.05, 4.69) is 47.7 Å². The molecule has 1 aliphatic rings. The van der Waals surface area contributed by atoms with Crippen LogP contribution in [0.2, 0.25) is 5.02 Å². The van der Waals surface area contributed by atoms with Gasteiger partial charge in [-0.3, -0.25) is 0 Å². The number of hydrogen-bond donors (Lipinski definition) is 0. The molecule has 3 rings (SSSR count). The predicted molar refractivity (Wildman–Crippen MR) is 92.6 cm³/mol. The number of halogens is 2. The van der Waals surface area contributed by atoms with E-state index in [9.17, 15) is 0 Å². The van der Waals surface area contributed by atoms with Gasteiger partial charge in [-0.25, -0.2) is 15.0 Å². The lowest BCUT2D eigenvalue weighted by Gasteiger charge is -2.37. The maximum absolute atomic E-state index is 6.23. The van der Waals surface area contributed by atoms with Crippen LogP contribution in [0.4, 0.5) is 11.8 Å². The summed E-state index contributed by atoms with van der Waals surface area (Å²) in [5.41, 5.74) is 0. The fourth-order valence-electron chi connectivity index (χ4n) is 2.73. The van der Waals surface area contributed by atoms with Crippen LogP contribution in [-0.2, 0) is 0 Å². The number of nitrogens with zero attached hydrogens (tertiary/aromatic N) is 5. The van der Waals surface area contributed by atoms with Gasteiger partial charge in [-0.05, 0) is 40.9 Å².